The van der Waals surface area contributed by atoms with Crippen molar-refractivity contribution in [2.45, 2.75) is 20.0 Å². The SMILES string of the molecule is CCn1cc(C=C(C#N)C(=O)NCc2ccc(OC)cc2)c2ccccc21. The molecule has 3 aromatic rings. The Morgan fingerprint density at radius 1 is 1.22 bits per heavy atom. The summed E-state index contributed by atoms with van der Waals surface area (Å²) in [4.78, 5) is 12.5. The molecule has 2 aromatic carbocycles. The Labute approximate surface area is 158 Å². The molecular formula is C22H21N3O2. The number of fused-ring (bicyclic) bond motifs is 1. The zero-order valence-corrected chi connectivity index (χ0v) is 15.4. The highest BCUT2D eigenvalue weighted by Crippen LogP contribution is 2.23. The highest BCUT2D eigenvalue weighted by atomic mass is 16.5. The molecule has 1 N–H and O–H groups in total. The Kier molecular flexibility index (Phi) is 5.58. The van der Waals surface area contributed by atoms with Crippen LogP contribution in [-0.2, 0) is 17.9 Å². The number of ether oxygens (including phenoxy) is 1. The van der Waals surface area contributed by atoms with Crippen LogP contribution in [0, 0.1) is 11.3 Å². The lowest BCUT2D eigenvalue weighted by molar-refractivity contribution is -0.117. The molecule has 3 rings (SSSR count). The average Bonchev–Trinajstić information content (AvgIpc) is 3.08. The van der Waals surface area contributed by atoms with Gasteiger partial charge >= 0.3 is 0 Å². The first-order chi connectivity index (χ1) is 13.2. The van der Waals surface area contributed by atoms with Crippen LogP contribution < -0.4 is 10.1 Å². The van der Waals surface area contributed by atoms with Crippen molar-refractivity contribution in [2.24, 2.45) is 0 Å². The molecule has 27 heavy (non-hydrogen) atoms. The summed E-state index contributed by atoms with van der Waals surface area (Å²) in [6.45, 7) is 3.23. The molecule has 0 saturated heterocycles. The Morgan fingerprint density at radius 2 is 1.96 bits per heavy atom. The molecule has 1 aromatic heterocycles. The van der Waals surface area contributed by atoms with Crippen LogP contribution in [0.25, 0.3) is 17.0 Å². The normalized spacial score (nSPS) is 11.2. The van der Waals surface area contributed by atoms with Crippen LogP contribution in [0.3, 0.4) is 0 Å². The quantitative estimate of drug-likeness (QED) is 0.536. The fourth-order valence-electron chi connectivity index (χ4n) is 2.98. The molecule has 5 heteroatoms. The van der Waals surface area contributed by atoms with Gasteiger partial charge in [0.15, 0.2) is 0 Å². The van der Waals surface area contributed by atoms with Crippen LogP contribution in [0.1, 0.15) is 18.1 Å². The minimum atomic E-state index is -0.387. The van der Waals surface area contributed by atoms with Crippen molar-refractivity contribution in [1.82, 2.24) is 9.88 Å². The number of aromatic nitrogens is 1. The summed E-state index contributed by atoms with van der Waals surface area (Å²) in [5.41, 5.74) is 2.97. The van der Waals surface area contributed by atoms with Crippen LogP contribution in [0.5, 0.6) is 5.75 Å². The maximum Gasteiger partial charge on any atom is 0.262 e. The lowest BCUT2D eigenvalue weighted by Crippen LogP contribution is -2.23. The molecule has 0 fully saturated rings. The van der Waals surface area contributed by atoms with E-state index in [-0.39, 0.29) is 11.5 Å². The molecule has 0 saturated carbocycles. The third-order valence-electron chi connectivity index (χ3n) is 4.44. The topological polar surface area (TPSA) is 67.0 Å². The second kappa shape index (κ2) is 8.24. The van der Waals surface area contributed by atoms with Crippen LogP contribution in [0.15, 0.2) is 60.3 Å². The monoisotopic (exact) mass is 359 g/mol. The smallest absolute Gasteiger partial charge is 0.262 e. The van der Waals surface area contributed by atoms with Crippen molar-refractivity contribution >= 4 is 22.9 Å². The van der Waals surface area contributed by atoms with E-state index in [0.29, 0.717) is 6.54 Å². The van der Waals surface area contributed by atoms with Crippen molar-refractivity contribution in [1.29, 1.82) is 5.26 Å². The summed E-state index contributed by atoms with van der Waals surface area (Å²) >= 11 is 0. The third kappa shape index (κ3) is 4.01. The number of amides is 1. The highest BCUT2D eigenvalue weighted by Gasteiger charge is 2.12. The van der Waals surface area contributed by atoms with Gasteiger partial charge in [0.2, 0.25) is 0 Å². The summed E-state index contributed by atoms with van der Waals surface area (Å²) in [5.74, 6) is 0.372. The molecule has 0 radical (unpaired) electrons. The predicted molar refractivity (Wildman–Crippen MR) is 106 cm³/mol. The third-order valence-corrected chi connectivity index (χ3v) is 4.44. The standard InChI is InChI=1S/C22H21N3O2/c1-3-25-15-18(20-6-4-5-7-21(20)25)12-17(13-23)22(26)24-14-16-8-10-19(27-2)11-9-16/h4-12,15H,3,14H2,1-2H3,(H,24,26). The molecule has 0 spiro atoms. The van der Waals surface area contributed by atoms with E-state index < -0.39 is 0 Å². The van der Waals surface area contributed by atoms with Crippen molar-refractivity contribution in [3.05, 3.63) is 71.4 Å². The van der Waals surface area contributed by atoms with Gasteiger partial charge in [-0.25, -0.2) is 0 Å². The number of nitrogens with zero attached hydrogens (tertiary/aromatic N) is 2. The molecule has 5 nitrogen and oxygen atoms in total. The fraction of sp³-hybridized carbons (Fsp3) is 0.182. The van der Waals surface area contributed by atoms with Gasteiger partial charge in [-0.3, -0.25) is 4.79 Å². The average molecular weight is 359 g/mol. The molecule has 0 bridgehead atoms. The number of methoxy groups -OCH3 is 1. The van der Waals surface area contributed by atoms with Gasteiger partial charge in [0.1, 0.15) is 17.4 Å². The molecule has 0 aliphatic rings. The number of hydrogen-bond acceptors (Lipinski definition) is 3. The summed E-state index contributed by atoms with van der Waals surface area (Å²) in [7, 11) is 1.61. The number of carbonyl (C=O) groups excluding carboxylic acids is 1. The van der Waals surface area contributed by atoms with Gasteiger partial charge < -0.3 is 14.6 Å². The van der Waals surface area contributed by atoms with Crippen molar-refractivity contribution < 1.29 is 9.53 Å². The molecule has 1 amide bonds. The fourth-order valence-corrected chi connectivity index (χ4v) is 2.98. The lowest BCUT2D eigenvalue weighted by atomic mass is 10.1. The van der Waals surface area contributed by atoms with E-state index in [1.54, 1.807) is 13.2 Å². The molecule has 0 unspecified atom stereocenters. The first-order valence-corrected chi connectivity index (χ1v) is 8.77. The van der Waals surface area contributed by atoms with E-state index in [0.717, 1.165) is 34.3 Å². The Balaban J connectivity index is 1.79. The van der Waals surface area contributed by atoms with Crippen LogP contribution in [0.4, 0.5) is 0 Å². The second-order valence-electron chi connectivity index (χ2n) is 6.09. The van der Waals surface area contributed by atoms with Gasteiger partial charge in [-0.15, -0.1) is 0 Å². The Bertz CT molecular complexity index is 1020. The number of para-hydroxylation sites is 1. The van der Waals surface area contributed by atoms with E-state index in [1.165, 1.54) is 0 Å². The maximum atomic E-state index is 12.5. The Morgan fingerprint density at radius 3 is 2.63 bits per heavy atom. The summed E-state index contributed by atoms with van der Waals surface area (Å²) < 4.78 is 7.22. The van der Waals surface area contributed by atoms with Crippen molar-refractivity contribution in [3.8, 4) is 11.8 Å². The zero-order valence-electron chi connectivity index (χ0n) is 15.4. The summed E-state index contributed by atoms with van der Waals surface area (Å²) in [5, 5.41) is 13.3. The molecular weight excluding hydrogens is 338 g/mol. The van der Waals surface area contributed by atoms with E-state index in [2.05, 4.69) is 16.8 Å². The van der Waals surface area contributed by atoms with Crippen LogP contribution in [0.2, 0.25) is 0 Å². The molecule has 136 valence electrons. The van der Waals surface area contributed by atoms with Gasteiger partial charge in [0, 0.05) is 35.8 Å². The predicted octanol–water partition coefficient (Wildman–Crippen LogP) is 3.89. The first-order valence-electron chi connectivity index (χ1n) is 8.77. The number of nitriles is 1. The van der Waals surface area contributed by atoms with Crippen molar-refractivity contribution in [3.63, 3.8) is 0 Å². The van der Waals surface area contributed by atoms with Gasteiger partial charge in [-0.05, 0) is 36.8 Å². The summed E-state index contributed by atoms with van der Waals surface area (Å²) in [6.07, 6.45) is 3.62. The van der Waals surface area contributed by atoms with Crippen LogP contribution in [-0.4, -0.2) is 17.6 Å². The van der Waals surface area contributed by atoms with Gasteiger partial charge in [0.25, 0.3) is 5.91 Å². The van der Waals surface area contributed by atoms with E-state index >= 15 is 0 Å². The summed E-state index contributed by atoms with van der Waals surface area (Å²) in [6, 6.07) is 17.4. The maximum absolute atomic E-state index is 12.5. The lowest BCUT2D eigenvalue weighted by Gasteiger charge is -2.05. The van der Waals surface area contributed by atoms with E-state index in [1.807, 2.05) is 60.8 Å². The van der Waals surface area contributed by atoms with E-state index in [4.69, 9.17) is 4.74 Å². The van der Waals surface area contributed by atoms with Crippen molar-refractivity contribution in [2.75, 3.05) is 7.11 Å². The number of aryl methyl sites for hydroxylation is 1. The molecule has 0 aliphatic carbocycles. The highest BCUT2D eigenvalue weighted by molar-refractivity contribution is 6.04. The number of carbonyl (C=O) groups is 1. The number of rotatable bonds is 6. The largest absolute Gasteiger partial charge is 0.497 e. The minimum Gasteiger partial charge on any atom is -0.497 e. The number of benzene rings is 2. The van der Waals surface area contributed by atoms with Gasteiger partial charge in [-0.1, -0.05) is 30.3 Å². The molecule has 0 atom stereocenters. The van der Waals surface area contributed by atoms with Gasteiger partial charge in [-0.2, -0.15) is 5.26 Å². The minimum absolute atomic E-state index is 0.0857. The second-order valence-corrected chi connectivity index (χ2v) is 6.09. The number of nitrogens with one attached hydrogen (secondary N) is 1. The zero-order chi connectivity index (χ0) is 19.2. The molecule has 0 aliphatic heterocycles. The first kappa shape index (κ1) is 18.3. The van der Waals surface area contributed by atoms with Gasteiger partial charge in [0.05, 0.1) is 7.11 Å². The number of hydrogen-bond donors (Lipinski definition) is 1. The molecule has 1 heterocycles. The Hall–Kier alpha value is -3.52. The van der Waals surface area contributed by atoms with E-state index in [9.17, 15) is 10.1 Å². The van der Waals surface area contributed by atoms with Crippen LogP contribution >= 0.6 is 0 Å².